The Labute approximate surface area is 222 Å². The van der Waals surface area contributed by atoms with Crippen LogP contribution in [0.4, 0.5) is 5.82 Å². The molecule has 0 radical (unpaired) electrons. The molecule has 7 heteroatoms. The second-order valence-corrected chi connectivity index (χ2v) is 10.8. The van der Waals surface area contributed by atoms with Gasteiger partial charge in [0.15, 0.2) is 5.82 Å². The van der Waals surface area contributed by atoms with Gasteiger partial charge >= 0.3 is 0 Å². The normalized spacial score (nSPS) is 13.6. The minimum absolute atomic E-state index is 0.0480. The number of nitrogens with zero attached hydrogens (tertiary/aromatic N) is 4. The number of rotatable bonds is 16. The van der Waals surface area contributed by atoms with Crippen molar-refractivity contribution < 1.29 is 0 Å². The molecule has 0 bridgehead atoms. The van der Waals surface area contributed by atoms with E-state index in [0.717, 1.165) is 55.0 Å². The molecule has 196 valence electrons. The van der Waals surface area contributed by atoms with Crippen LogP contribution >= 0.6 is 11.8 Å². The van der Waals surface area contributed by atoms with Crippen LogP contribution < -0.4 is 5.32 Å². The van der Waals surface area contributed by atoms with Gasteiger partial charge in [-0.15, -0.1) is 10.2 Å². The van der Waals surface area contributed by atoms with Crippen LogP contribution in [0, 0.1) is 6.92 Å². The zero-order valence-corrected chi connectivity index (χ0v) is 23.8. The van der Waals surface area contributed by atoms with Crippen molar-refractivity contribution in [3.63, 3.8) is 0 Å². The molecule has 0 saturated carbocycles. The Morgan fingerprint density at radius 1 is 0.917 bits per heavy atom. The average molecular weight is 509 g/mol. The summed E-state index contributed by atoms with van der Waals surface area (Å²) in [5.41, 5.74) is 6.97. The molecule has 2 N–H and O–H groups in total. The van der Waals surface area contributed by atoms with E-state index in [-0.39, 0.29) is 6.04 Å². The molecule has 36 heavy (non-hydrogen) atoms. The van der Waals surface area contributed by atoms with Gasteiger partial charge in [-0.1, -0.05) is 57.9 Å². The van der Waals surface area contributed by atoms with Gasteiger partial charge in [0, 0.05) is 17.7 Å². The lowest BCUT2D eigenvalue weighted by Crippen LogP contribution is -2.16. The second kappa shape index (κ2) is 16.9. The molecular formula is C29H44N6S. The van der Waals surface area contributed by atoms with Crippen LogP contribution in [-0.4, -0.2) is 37.1 Å². The fourth-order valence-corrected chi connectivity index (χ4v) is 4.61. The fourth-order valence-electron chi connectivity index (χ4n) is 3.60. The van der Waals surface area contributed by atoms with Crippen LogP contribution in [0.25, 0.3) is 0 Å². The Balaban J connectivity index is 1.70. The molecule has 1 atom stereocenters. The number of allylic oxidation sites excluding steroid dienone is 7. The molecular weight excluding hydrogens is 464 g/mol. The summed E-state index contributed by atoms with van der Waals surface area (Å²) in [5.74, 6) is 3.27. The third-order valence-corrected chi connectivity index (χ3v) is 6.87. The van der Waals surface area contributed by atoms with Gasteiger partial charge in [0.1, 0.15) is 11.9 Å². The lowest BCUT2D eigenvalue weighted by Gasteiger charge is -2.15. The van der Waals surface area contributed by atoms with Gasteiger partial charge in [-0.05, 0) is 91.7 Å². The van der Waals surface area contributed by atoms with Gasteiger partial charge in [0.25, 0.3) is 0 Å². The molecule has 2 aromatic heterocycles. The SMILES string of the molecule is CC(C)=CCCC(C)=CCCC(C)=CCCC(C)=CCSCC(Nc1ccc(C)cn1)c1nn[nH]n1. The Morgan fingerprint density at radius 3 is 2.11 bits per heavy atom. The van der Waals surface area contributed by atoms with Gasteiger partial charge < -0.3 is 5.32 Å². The van der Waals surface area contributed by atoms with Crippen molar-refractivity contribution in [1.82, 2.24) is 25.6 Å². The van der Waals surface area contributed by atoms with E-state index in [2.05, 4.69) is 89.8 Å². The largest absolute Gasteiger partial charge is 0.359 e. The van der Waals surface area contributed by atoms with Crippen molar-refractivity contribution in [3.05, 3.63) is 76.3 Å². The predicted molar refractivity (Wildman–Crippen MR) is 155 cm³/mol. The molecule has 0 aromatic carbocycles. The van der Waals surface area contributed by atoms with Crippen LogP contribution in [0.15, 0.2) is 64.9 Å². The van der Waals surface area contributed by atoms with E-state index in [9.17, 15) is 0 Å². The summed E-state index contributed by atoms with van der Waals surface area (Å²) >= 11 is 1.86. The number of nitrogens with one attached hydrogen (secondary N) is 2. The zero-order chi connectivity index (χ0) is 26.2. The van der Waals surface area contributed by atoms with Crippen LogP contribution in [0.1, 0.15) is 90.6 Å². The number of aromatic nitrogens is 5. The summed E-state index contributed by atoms with van der Waals surface area (Å²) in [6.07, 6.45) is 18.2. The highest BCUT2D eigenvalue weighted by Crippen LogP contribution is 2.21. The summed E-state index contributed by atoms with van der Waals surface area (Å²) in [7, 11) is 0. The number of aryl methyl sites for hydroxylation is 1. The molecule has 0 aliphatic rings. The number of aromatic amines is 1. The molecule has 2 heterocycles. The number of hydrogen-bond donors (Lipinski definition) is 2. The van der Waals surface area contributed by atoms with Crippen LogP contribution in [-0.2, 0) is 0 Å². The van der Waals surface area contributed by atoms with Gasteiger partial charge in [0.2, 0.25) is 0 Å². The highest BCUT2D eigenvalue weighted by Gasteiger charge is 2.16. The minimum atomic E-state index is -0.0480. The summed E-state index contributed by atoms with van der Waals surface area (Å²) in [4.78, 5) is 4.45. The second-order valence-electron chi connectivity index (χ2n) is 9.77. The number of tetrazole rings is 1. The first-order chi connectivity index (χ1) is 17.3. The monoisotopic (exact) mass is 508 g/mol. The highest BCUT2D eigenvalue weighted by atomic mass is 32.2. The van der Waals surface area contributed by atoms with Crippen molar-refractivity contribution >= 4 is 17.6 Å². The van der Waals surface area contributed by atoms with Crippen LogP contribution in [0.3, 0.4) is 0 Å². The first kappa shape index (κ1) is 29.6. The standard InChI is InChI=1S/C29H44N6S/c1-22(2)10-7-11-23(3)12-8-13-24(4)14-9-15-25(5)18-19-36-21-27(29-32-34-35-33-29)31-28-17-16-26(6)20-30-28/h10,12,14,16-18,20,27H,7-9,11,13,15,19,21H2,1-6H3,(H,30,31)(H,32,33,34,35). The van der Waals surface area contributed by atoms with Gasteiger partial charge in [-0.25, -0.2) is 4.98 Å². The lowest BCUT2D eigenvalue weighted by atomic mass is 10.0. The number of H-pyrrole nitrogens is 1. The maximum atomic E-state index is 4.45. The number of pyridine rings is 1. The quantitative estimate of drug-likeness (QED) is 0.177. The van der Waals surface area contributed by atoms with E-state index >= 15 is 0 Å². The molecule has 0 aliphatic heterocycles. The maximum Gasteiger partial charge on any atom is 0.197 e. The molecule has 0 fully saturated rings. The molecule has 2 aromatic rings. The topological polar surface area (TPSA) is 79.4 Å². The molecule has 0 amide bonds. The van der Waals surface area contributed by atoms with Gasteiger partial charge in [-0.3, -0.25) is 0 Å². The minimum Gasteiger partial charge on any atom is -0.359 e. The first-order valence-electron chi connectivity index (χ1n) is 12.9. The summed E-state index contributed by atoms with van der Waals surface area (Å²) in [6, 6.07) is 3.98. The molecule has 0 saturated heterocycles. The van der Waals surface area contributed by atoms with Crippen molar-refractivity contribution in [2.75, 3.05) is 16.8 Å². The van der Waals surface area contributed by atoms with Crippen molar-refractivity contribution in [2.24, 2.45) is 0 Å². The summed E-state index contributed by atoms with van der Waals surface area (Å²) in [5, 5.41) is 18.0. The average Bonchev–Trinajstić information content (AvgIpc) is 3.37. The van der Waals surface area contributed by atoms with E-state index in [1.807, 2.05) is 37.0 Å². The summed E-state index contributed by atoms with van der Waals surface area (Å²) in [6.45, 7) is 13.1. The molecule has 0 aliphatic carbocycles. The zero-order valence-electron chi connectivity index (χ0n) is 23.0. The number of thioether (sulfide) groups is 1. The number of anilines is 1. The van der Waals surface area contributed by atoms with Crippen molar-refractivity contribution in [3.8, 4) is 0 Å². The Hall–Kier alpha value is -2.67. The van der Waals surface area contributed by atoms with Crippen molar-refractivity contribution in [2.45, 2.75) is 86.1 Å². The smallest absolute Gasteiger partial charge is 0.197 e. The molecule has 2 rings (SSSR count). The number of hydrogen-bond acceptors (Lipinski definition) is 6. The van der Waals surface area contributed by atoms with E-state index in [1.165, 1.54) is 28.7 Å². The Morgan fingerprint density at radius 2 is 1.56 bits per heavy atom. The van der Waals surface area contributed by atoms with Crippen LogP contribution in [0.5, 0.6) is 0 Å². The lowest BCUT2D eigenvalue weighted by molar-refractivity contribution is 0.798. The Bertz CT molecular complexity index is 999. The van der Waals surface area contributed by atoms with Gasteiger partial charge in [0.05, 0.1) is 0 Å². The Kier molecular flexibility index (Phi) is 13.9. The van der Waals surface area contributed by atoms with E-state index in [1.54, 1.807) is 0 Å². The third kappa shape index (κ3) is 12.9. The molecule has 0 spiro atoms. The van der Waals surface area contributed by atoms with E-state index in [4.69, 9.17) is 0 Å². The van der Waals surface area contributed by atoms with Crippen LogP contribution in [0.2, 0.25) is 0 Å². The summed E-state index contributed by atoms with van der Waals surface area (Å²) < 4.78 is 0. The van der Waals surface area contributed by atoms with Gasteiger partial charge in [-0.2, -0.15) is 17.0 Å². The highest BCUT2D eigenvalue weighted by molar-refractivity contribution is 7.99. The van der Waals surface area contributed by atoms with Crippen molar-refractivity contribution in [1.29, 1.82) is 0 Å². The maximum absolute atomic E-state index is 4.45. The predicted octanol–water partition coefficient (Wildman–Crippen LogP) is 7.94. The molecule has 6 nitrogen and oxygen atoms in total. The fraction of sp³-hybridized carbons (Fsp3) is 0.517. The van der Waals surface area contributed by atoms with E-state index < -0.39 is 0 Å². The van der Waals surface area contributed by atoms with E-state index in [0.29, 0.717) is 5.82 Å². The first-order valence-corrected chi connectivity index (χ1v) is 14.1. The third-order valence-electron chi connectivity index (χ3n) is 5.90. The molecule has 1 unspecified atom stereocenters.